The molecule has 1 aliphatic rings. The van der Waals surface area contributed by atoms with Crippen molar-refractivity contribution in [3.05, 3.63) is 41.7 Å². The second-order valence-electron chi connectivity index (χ2n) is 4.88. The number of amides is 1. The molecule has 1 atom stereocenters. The number of hydrogen-bond acceptors (Lipinski definition) is 2. The largest absolute Gasteiger partial charge is 0.339 e. The molecule has 0 saturated carbocycles. The third-order valence-corrected chi connectivity index (χ3v) is 3.38. The van der Waals surface area contributed by atoms with Gasteiger partial charge in [-0.25, -0.2) is 4.39 Å². The number of carbonyl (C=O) groups is 1. The lowest BCUT2D eigenvalue weighted by atomic mass is 10.1. The highest BCUT2D eigenvalue weighted by molar-refractivity contribution is 5.91. The molecule has 1 N–H and O–H groups in total. The van der Waals surface area contributed by atoms with E-state index in [0.29, 0.717) is 5.92 Å². The van der Waals surface area contributed by atoms with Crippen LogP contribution in [-0.4, -0.2) is 37.5 Å². The summed E-state index contributed by atoms with van der Waals surface area (Å²) < 4.78 is 12.7. The van der Waals surface area contributed by atoms with Crippen molar-refractivity contribution >= 4 is 12.0 Å². The van der Waals surface area contributed by atoms with Crippen LogP contribution >= 0.6 is 0 Å². The van der Waals surface area contributed by atoms with Crippen LogP contribution in [0.1, 0.15) is 12.0 Å². The standard InChI is InChI=1S/C15H19FN2O/c1-17-10-13-8-9-18(11-13)15(19)7-4-12-2-5-14(16)6-3-12/h2-7,13,17H,8-11H2,1H3/b7-4-/t13-/m1/s1. The van der Waals surface area contributed by atoms with Gasteiger partial charge in [0.25, 0.3) is 0 Å². The van der Waals surface area contributed by atoms with Crippen molar-refractivity contribution in [2.75, 3.05) is 26.7 Å². The van der Waals surface area contributed by atoms with E-state index in [1.54, 1.807) is 24.3 Å². The van der Waals surface area contributed by atoms with Gasteiger partial charge in [0.05, 0.1) is 0 Å². The third kappa shape index (κ3) is 3.89. The minimum atomic E-state index is -0.266. The predicted molar refractivity (Wildman–Crippen MR) is 74.0 cm³/mol. The Morgan fingerprint density at radius 2 is 2.21 bits per heavy atom. The summed E-state index contributed by atoms with van der Waals surface area (Å²) in [6.07, 6.45) is 4.35. The van der Waals surface area contributed by atoms with Crippen LogP contribution in [0.5, 0.6) is 0 Å². The number of rotatable bonds is 4. The average Bonchev–Trinajstić information content (AvgIpc) is 2.87. The molecule has 1 fully saturated rings. The fourth-order valence-corrected chi connectivity index (χ4v) is 2.33. The first-order chi connectivity index (χ1) is 9.19. The molecule has 0 aromatic heterocycles. The highest BCUT2D eigenvalue weighted by atomic mass is 19.1. The van der Waals surface area contributed by atoms with E-state index < -0.39 is 0 Å². The van der Waals surface area contributed by atoms with Crippen molar-refractivity contribution in [2.45, 2.75) is 6.42 Å². The molecule has 1 amide bonds. The summed E-state index contributed by atoms with van der Waals surface area (Å²) in [5.41, 5.74) is 0.834. The van der Waals surface area contributed by atoms with Gasteiger partial charge in [0.2, 0.25) is 5.91 Å². The predicted octanol–water partition coefficient (Wildman–Crippen LogP) is 1.91. The lowest BCUT2D eigenvalue weighted by Gasteiger charge is -2.14. The molecule has 0 unspecified atom stereocenters. The molecule has 1 aliphatic heterocycles. The molecule has 1 saturated heterocycles. The minimum Gasteiger partial charge on any atom is -0.339 e. The monoisotopic (exact) mass is 262 g/mol. The topological polar surface area (TPSA) is 32.3 Å². The van der Waals surface area contributed by atoms with E-state index in [0.717, 1.165) is 31.6 Å². The van der Waals surface area contributed by atoms with Crippen LogP contribution in [0.4, 0.5) is 4.39 Å². The third-order valence-electron chi connectivity index (χ3n) is 3.38. The zero-order chi connectivity index (χ0) is 13.7. The second-order valence-corrected chi connectivity index (χ2v) is 4.88. The summed E-state index contributed by atoms with van der Waals surface area (Å²) in [7, 11) is 1.93. The molecular weight excluding hydrogens is 243 g/mol. The first kappa shape index (κ1) is 13.7. The quantitative estimate of drug-likeness (QED) is 0.841. The van der Waals surface area contributed by atoms with Crippen molar-refractivity contribution in [2.24, 2.45) is 5.92 Å². The fourth-order valence-electron chi connectivity index (χ4n) is 2.33. The summed E-state index contributed by atoms with van der Waals surface area (Å²) in [5.74, 6) is 0.314. The Kier molecular flexibility index (Phi) is 4.68. The van der Waals surface area contributed by atoms with Crippen LogP contribution in [-0.2, 0) is 4.79 Å². The van der Waals surface area contributed by atoms with Crippen molar-refractivity contribution < 1.29 is 9.18 Å². The number of benzene rings is 1. The number of nitrogens with one attached hydrogen (secondary N) is 1. The van der Waals surface area contributed by atoms with Gasteiger partial charge in [0.15, 0.2) is 0 Å². The minimum absolute atomic E-state index is 0.0305. The Morgan fingerprint density at radius 3 is 2.89 bits per heavy atom. The molecular formula is C15H19FN2O. The molecule has 1 heterocycles. The Balaban J connectivity index is 1.89. The highest BCUT2D eigenvalue weighted by Crippen LogP contribution is 2.16. The molecule has 0 aliphatic carbocycles. The summed E-state index contributed by atoms with van der Waals surface area (Å²) in [6, 6.07) is 6.10. The van der Waals surface area contributed by atoms with Crippen LogP contribution in [0.3, 0.4) is 0 Å². The van der Waals surface area contributed by atoms with Gasteiger partial charge in [-0.3, -0.25) is 4.79 Å². The maximum absolute atomic E-state index is 12.7. The highest BCUT2D eigenvalue weighted by Gasteiger charge is 2.24. The molecule has 4 heteroatoms. The molecule has 1 aromatic carbocycles. The smallest absolute Gasteiger partial charge is 0.246 e. The van der Waals surface area contributed by atoms with E-state index in [1.165, 1.54) is 12.1 Å². The molecule has 102 valence electrons. The van der Waals surface area contributed by atoms with Crippen molar-refractivity contribution in [3.63, 3.8) is 0 Å². The average molecular weight is 262 g/mol. The van der Waals surface area contributed by atoms with Gasteiger partial charge < -0.3 is 10.2 Å². The Morgan fingerprint density at radius 1 is 1.47 bits per heavy atom. The van der Waals surface area contributed by atoms with E-state index in [-0.39, 0.29) is 11.7 Å². The summed E-state index contributed by atoms with van der Waals surface area (Å²) in [5, 5.41) is 3.14. The zero-order valence-electron chi connectivity index (χ0n) is 11.1. The van der Waals surface area contributed by atoms with E-state index in [9.17, 15) is 9.18 Å². The van der Waals surface area contributed by atoms with Crippen LogP contribution in [0, 0.1) is 11.7 Å². The molecule has 2 rings (SSSR count). The van der Waals surface area contributed by atoms with E-state index >= 15 is 0 Å². The Labute approximate surface area is 113 Å². The maximum atomic E-state index is 12.7. The lowest BCUT2D eigenvalue weighted by molar-refractivity contribution is -0.125. The molecule has 0 radical (unpaired) electrons. The number of nitrogens with zero attached hydrogens (tertiary/aromatic N) is 1. The number of halogens is 1. The van der Waals surface area contributed by atoms with Crippen LogP contribution in [0.15, 0.2) is 30.3 Å². The van der Waals surface area contributed by atoms with Crippen LogP contribution in [0.2, 0.25) is 0 Å². The van der Waals surface area contributed by atoms with Gasteiger partial charge in [-0.05, 0) is 49.7 Å². The van der Waals surface area contributed by atoms with Crippen LogP contribution in [0.25, 0.3) is 6.08 Å². The van der Waals surface area contributed by atoms with E-state index in [1.807, 2.05) is 11.9 Å². The molecule has 19 heavy (non-hydrogen) atoms. The summed E-state index contributed by atoms with van der Waals surface area (Å²) in [6.45, 7) is 2.58. The van der Waals surface area contributed by atoms with Gasteiger partial charge in [0.1, 0.15) is 5.82 Å². The lowest BCUT2D eigenvalue weighted by Crippen LogP contribution is -2.28. The number of carbonyl (C=O) groups excluding carboxylic acids is 1. The fraction of sp³-hybridized carbons (Fsp3) is 0.400. The van der Waals surface area contributed by atoms with E-state index in [4.69, 9.17) is 0 Å². The first-order valence-corrected chi connectivity index (χ1v) is 6.56. The van der Waals surface area contributed by atoms with Gasteiger partial charge >= 0.3 is 0 Å². The number of likely N-dealkylation sites (tertiary alicyclic amines) is 1. The maximum Gasteiger partial charge on any atom is 0.246 e. The molecule has 1 aromatic rings. The second kappa shape index (κ2) is 6.48. The molecule has 0 bridgehead atoms. The number of hydrogen-bond donors (Lipinski definition) is 1. The van der Waals surface area contributed by atoms with Gasteiger partial charge in [-0.1, -0.05) is 12.1 Å². The summed E-state index contributed by atoms with van der Waals surface area (Å²) >= 11 is 0. The van der Waals surface area contributed by atoms with Crippen molar-refractivity contribution in [3.8, 4) is 0 Å². The normalized spacial score (nSPS) is 19.3. The van der Waals surface area contributed by atoms with Crippen molar-refractivity contribution in [1.82, 2.24) is 10.2 Å². The van der Waals surface area contributed by atoms with Crippen molar-refractivity contribution in [1.29, 1.82) is 0 Å². The van der Waals surface area contributed by atoms with Gasteiger partial charge in [-0.15, -0.1) is 0 Å². The van der Waals surface area contributed by atoms with Gasteiger partial charge in [0, 0.05) is 19.2 Å². The Hall–Kier alpha value is -1.68. The zero-order valence-corrected chi connectivity index (χ0v) is 11.1. The molecule has 3 nitrogen and oxygen atoms in total. The summed E-state index contributed by atoms with van der Waals surface area (Å²) in [4.78, 5) is 13.8. The van der Waals surface area contributed by atoms with Crippen LogP contribution < -0.4 is 5.32 Å². The van der Waals surface area contributed by atoms with Gasteiger partial charge in [-0.2, -0.15) is 0 Å². The SMILES string of the molecule is CNC[C@H]1CCN(C(=O)/C=C\c2ccc(F)cc2)C1. The first-order valence-electron chi connectivity index (χ1n) is 6.56. The Bertz CT molecular complexity index is 456. The molecule has 0 spiro atoms. The van der Waals surface area contributed by atoms with E-state index in [2.05, 4.69) is 5.32 Å².